The number of aryl methyl sites for hydroxylation is 3. The molecule has 5 nitrogen and oxygen atoms in total. The molecule has 0 saturated carbocycles. The maximum Gasteiger partial charge on any atom is 0.257 e. The molecule has 0 radical (unpaired) electrons. The molecule has 2 heterocycles. The number of imidazole rings is 1. The lowest BCUT2D eigenvalue weighted by Gasteiger charge is -2.02. The summed E-state index contributed by atoms with van der Waals surface area (Å²) in [6, 6.07) is 6.15. The first kappa shape index (κ1) is 13.5. The first-order valence-electron chi connectivity index (χ1n) is 7.07. The highest BCUT2D eigenvalue weighted by Gasteiger charge is 2.11. The Morgan fingerprint density at radius 2 is 2.05 bits per heavy atom. The summed E-state index contributed by atoms with van der Waals surface area (Å²) in [6.45, 7) is 6.83. The largest absolute Gasteiger partial charge is 0.334 e. The standard InChI is InChI=1S/C16H18N4O/c1-4-15-17-7-8-20(15)10-14-18-16(21-19-14)13-6-5-11(2)12(3)9-13/h5-9H,4,10H2,1-3H3. The predicted molar refractivity (Wildman–Crippen MR) is 79.9 cm³/mol. The second kappa shape index (κ2) is 5.52. The lowest BCUT2D eigenvalue weighted by atomic mass is 10.1. The van der Waals surface area contributed by atoms with Crippen molar-refractivity contribution < 1.29 is 4.52 Å². The van der Waals surface area contributed by atoms with Gasteiger partial charge in [0.05, 0.1) is 6.54 Å². The third kappa shape index (κ3) is 2.72. The zero-order valence-corrected chi connectivity index (χ0v) is 12.5. The summed E-state index contributed by atoms with van der Waals surface area (Å²) in [5.41, 5.74) is 3.43. The van der Waals surface area contributed by atoms with Crippen LogP contribution in [0.4, 0.5) is 0 Å². The van der Waals surface area contributed by atoms with Crippen molar-refractivity contribution in [1.29, 1.82) is 0 Å². The van der Waals surface area contributed by atoms with E-state index in [-0.39, 0.29) is 0 Å². The molecular weight excluding hydrogens is 264 g/mol. The van der Waals surface area contributed by atoms with Gasteiger partial charge in [0.15, 0.2) is 5.82 Å². The SMILES string of the molecule is CCc1nccn1Cc1noc(-c2ccc(C)c(C)c2)n1. The van der Waals surface area contributed by atoms with E-state index in [1.165, 1.54) is 11.1 Å². The number of hydrogen-bond acceptors (Lipinski definition) is 4. The fourth-order valence-corrected chi connectivity index (χ4v) is 2.26. The number of benzene rings is 1. The third-order valence-corrected chi connectivity index (χ3v) is 3.65. The zero-order valence-electron chi connectivity index (χ0n) is 12.5. The Hall–Kier alpha value is -2.43. The number of hydrogen-bond donors (Lipinski definition) is 0. The van der Waals surface area contributed by atoms with Crippen LogP contribution in [0, 0.1) is 13.8 Å². The smallest absolute Gasteiger partial charge is 0.257 e. The Bertz CT molecular complexity index is 757. The molecule has 3 rings (SSSR count). The van der Waals surface area contributed by atoms with Gasteiger partial charge in [-0.2, -0.15) is 4.98 Å². The van der Waals surface area contributed by atoms with Crippen LogP contribution >= 0.6 is 0 Å². The molecule has 108 valence electrons. The Labute approximate surface area is 123 Å². The summed E-state index contributed by atoms with van der Waals surface area (Å²) < 4.78 is 7.41. The molecule has 1 aromatic carbocycles. The van der Waals surface area contributed by atoms with Crippen LogP contribution in [0.1, 0.15) is 29.7 Å². The summed E-state index contributed by atoms with van der Waals surface area (Å²) in [6.07, 6.45) is 4.61. The molecule has 0 fully saturated rings. The van der Waals surface area contributed by atoms with Gasteiger partial charge in [-0.3, -0.25) is 0 Å². The van der Waals surface area contributed by atoms with Crippen molar-refractivity contribution in [3.63, 3.8) is 0 Å². The summed E-state index contributed by atoms with van der Waals surface area (Å²) in [7, 11) is 0. The van der Waals surface area contributed by atoms with Crippen molar-refractivity contribution in [3.05, 3.63) is 53.4 Å². The quantitative estimate of drug-likeness (QED) is 0.737. The number of rotatable bonds is 4. The van der Waals surface area contributed by atoms with E-state index < -0.39 is 0 Å². The topological polar surface area (TPSA) is 56.7 Å². The van der Waals surface area contributed by atoms with Crippen LogP contribution in [0.5, 0.6) is 0 Å². The molecule has 0 aliphatic carbocycles. The number of nitrogens with zero attached hydrogens (tertiary/aromatic N) is 4. The first-order valence-corrected chi connectivity index (χ1v) is 7.07. The molecule has 0 atom stereocenters. The normalized spacial score (nSPS) is 11.0. The molecule has 5 heteroatoms. The van der Waals surface area contributed by atoms with Crippen molar-refractivity contribution in [2.75, 3.05) is 0 Å². The van der Waals surface area contributed by atoms with Gasteiger partial charge in [-0.15, -0.1) is 0 Å². The third-order valence-electron chi connectivity index (χ3n) is 3.65. The van der Waals surface area contributed by atoms with E-state index in [9.17, 15) is 0 Å². The average Bonchev–Trinajstić information content (AvgIpc) is 3.11. The Morgan fingerprint density at radius 3 is 2.81 bits per heavy atom. The van der Waals surface area contributed by atoms with Gasteiger partial charge < -0.3 is 9.09 Å². The molecule has 3 aromatic rings. The minimum atomic E-state index is 0.561. The van der Waals surface area contributed by atoms with Gasteiger partial charge in [0.1, 0.15) is 5.82 Å². The Balaban J connectivity index is 1.84. The summed E-state index contributed by atoms with van der Waals surface area (Å²) in [4.78, 5) is 8.77. The van der Waals surface area contributed by atoms with Crippen LogP contribution in [0.15, 0.2) is 35.1 Å². The van der Waals surface area contributed by atoms with Crippen molar-refractivity contribution in [2.45, 2.75) is 33.7 Å². The van der Waals surface area contributed by atoms with E-state index >= 15 is 0 Å². The van der Waals surface area contributed by atoms with E-state index in [0.29, 0.717) is 18.3 Å². The molecule has 21 heavy (non-hydrogen) atoms. The van der Waals surface area contributed by atoms with E-state index in [1.807, 2.05) is 16.8 Å². The van der Waals surface area contributed by atoms with Crippen LogP contribution in [0.25, 0.3) is 11.5 Å². The second-order valence-corrected chi connectivity index (χ2v) is 5.14. The molecule has 0 N–H and O–H groups in total. The average molecular weight is 282 g/mol. The lowest BCUT2D eigenvalue weighted by Crippen LogP contribution is -2.04. The van der Waals surface area contributed by atoms with Gasteiger partial charge in [0, 0.05) is 24.4 Å². The molecule has 0 aliphatic rings. The molecule has 0 amide bonds. The summed E-state index contributed by atoms with van der Waals surface area (Å²) in [5.74, 6) is 2.25. The monoisotopic (exact) mass is 282 g/mol. The highest BCUT2D eigenvalue weighted by molar-refractivity contribution is 5.55. The Kier molecular flexibility index (Phi) is 3.56. The minimum absolute atomic E-state index is 0.561. The van der Waals surface area contributed by atoms with Crippen molar-refractivity contribution >= 4 is 0 Å². The Morgan fingerprint density at radius 1 is 1.19 bits per heavy atom. The minimum Gasteiger partial charge on any atom is -0.334 e. The van der Waals surface area contributed by atoms with E-state index in [1.54, 1.807) is 6.20 Å². The summed E-state index contributed by atoms with van der Waals surface area (Å²) >= 11 is 0. The van der Waals surface area contributed by atoms with E-state index in [4.69, 9.17) is 4.52 Å². The van der Waals surface area contributed by atoms with Crippen LogP contribution in [0.2, 0.25) is 0 Å². The van der Waals surface area contributed by atoms with E-state index in [0.717, 1.165) is 17.8 Å². The van der Waals surface area contributed by atoms with Crippen molar-refractivity contribution in [3.8, 4) is 11.5 Å². The van der Waals surface area contributed by atoms with Crippen LogP contribution < -0.4 is 0 Å². The molecule has 0 unspecified atom stereocenters. The molecule has 0 saturated heterocycles. The fourth-order valence-electron chi connectivity index (χ4n) is 2.26. The fraction of sp³-hybridized carbons (Fsp3) is 0.312. The maximum absolute atomic E-state index is 5.37. The van der Waals surface area contributed by atoms with Gasteiger partial charge in [-0.1, -0.05) is 18.1 Å². The molecule has 2 aromatic heterocycles. The van der Waals surface area contributed by atoms with Gasteiger partial charge in [0.2, 0.25) is 0 Å². The van der Waals surface area contributed by atoms with Gasteiger partial charge in [-0.05, 0) is 37.1 Å². The highest BCUT2D eigenvalue weighted by Crippen LogP contribution is 2.20. The second-order valence-electron chi connectivity index (χ2n) is 5.14. The lowest BCUT2D eigenvalue weighted by molar-refractivity contribution is 0.420. The van der Waals surface area contributed by atoms with E-state index in [2.05, 4.69) is 48.0 Å². The van der Waals surface area contributed by atoms with Crippen LogP contribution in [-0.2, 0) is 13.0 Å². The highest BCUT2D eigenvalue weighted by atomic mass is 16.5. The molecule has 0 bridgehead atoms. The van der Waals surface area contributed by atoms with Crippen LogP contribution in [-0.4, -0.2) is 19.7 Å². The maximum atomic E-state index is 5.37. The molecule has 0 spiro atoms. The summed E-state index contributed by atoms with van der Waals surface area (Å²) in [5, 5.41) is 4.06. The van der Waals surface area contributed by atoms with Crippen molar-refractivity contribution in [2.24, 2.45) is 0 Å². The number of aromatic nitrogens is 4. The van der Waals surface area contributed by atoms with Gasteiger partial charge in [0.25, 0.3) is 5.89 Å². The molecule has 0 aliphatic heterocycles. The van der Waals surface area contributed by atoms with Crippen LogP contribution in [0.3, 0.4) is 0 Å². The van der Waals surface area contributed by atoms with Gasteiger partial charge in [-0.25, -0.2) is 4.98 Å². The molecular formula is C16H18N4O. The van der Waals surface area contributed by atoms with Crippen molar-refractivity contribution in [1.82, 2.24) is 19.7 Å². The zero-order chi connectivity index (χ0) is 14.8. The van der Waals surface area contributed by atoms with Gasteiger partial charge >= 0.3 is 0 Å². The predicted octanol–water partition coefficient (Wildman–Crippen LogP) is 3.16. The first-order chi connectivity index (χ1) is 10.2.